The standard InChI is InChI=1S/C26H23N7O2/c27-24-11-8-16(14-28-24)15-29-26(35)23(12-18-6-3-5-17-4-1-2-7-20(17)18)30-25(34)19-9-10-21-22(13-19)32-33-31-21/h1-11,13-14,23H,12,15H2,(H2,27,28)(H,29,35)(H,30,34)(H,31,32,33)/t23-/m0/s1. The van der Waals surface area contributed by atoms with E-state index >= 15 is 0 Å². The third-order valence-corrected chi connectivity index (χ3v) is 5.83. The van der Waals surface area contributed by atoms with Crippen LogP contribution in [0.4, 0.5) is 5.82 Å². The quantitative estimate of drug-likeness (QED) is 0.292. The Kier molecular flexibility index (Phi) is 6.04. The molecule has 0 fully saturated rings. The van der Waals surface area contributed by atoms with Crippen molar-refractivity contribution in [1.29, 1.82) is 0 Å². The van der Waals surface area contributed by atoms with Crippen LogP contribution >= 0.6 is 0 Å². The highest BCUT2D eigenvalue weighted by atomic mass is 16.2. The lowest BCUT2D eigenvalue weighted by molar-refractivity contribution is -0.123. The molecule has 0 spiro atoms. The van der Waals surface area contributed by atoms with Gasteiger partial charge in [-0.1, -0.05) is 53.7 Å². The summed E-state index contributed by atoms with van der Waals surface area (Å²) in [5, 5.41) is 18.4. The number of nitrogens with two attached hydrogens (primary N) is 1. The third kappa shape index (κ3) is 4.93. The number of nitrogens with one attached hydrogen (secondary N) is 3. The van der Waals surface area contributed by atoms with Crippen LogP contribution in [0.2, 0.25) is 0 Å². The average Bonchev–Trinajstić information content (AvgIpc) is 3.36. The molecular formula is C26H23N7O2. The van der Waals surface area contributed by atoms with Gasteiger partial charge < -0.3 is 16.4 Å². The van der Waals surface area contributed by atoms with Crippen molar-refractivity contribution >= 4 is 39.4 Å². The Morgan fingerprint density at radius 2 is 1.86 bits per heavy atom. The predicted octanol–water partition coefficient (Wildman–Crippen LogP) is 2.75. The lowest BCUT2D eigenvalue weighted by Gasteiger charge is -2.20. The normalized spacial score (nSPS) is 11.9. The second-order valence-electron chi connectivity index (χ2n) is 8.22. The van der Waals surface area contributed by atoms with Crippen molar-refractivity contribution in [2.24, 2.45) is 0 Å². The van der Waals surface area contributed by atoms with Crippen molar-refractivity contribution in [2.75, 3.05) is 5.73 Å². The molecule has 0 radical (unpaired) electrons. The molecule has 9 nitrogen and oxygen atoms in total. The SMILES string of the molecule is Nc1ccc(CNC(=O)[C@H](Cc2cccc3ccccc23)NC(=O)c2ccc3[nH]nnc3c2)cn1. The number of hydrogen-bond donors (Lipinski definition) is 4. The van der Waals surface area contributed by atoms with Gasteiger partial charge >= 0.3 is 0 Å². The maximum Gasteiger partial charge on any atom is 0.252 e. The van der Waals surface area contributed by atoms with Crippen LogP contribution in [0.3, 0.4) is 0 Å². The Hall–Kier alpha value is -4.79. The Labute approximate surface area is 200 Å². The van der Waals surface area contributed by atoms with Gasteiger partial charge in [-0.2, -0.15) is 0 Å². The van der Waals surface area contributed by atoms with E-state index in [0.29, 0.717) is 23.3 Å². The summed E-state index contributed by atoms with van der Waals surface area (Å²) in [4.78, 5) is 30.4. The number of nitrogens with zero attached hydrogens (tertiary/aromatic N) is 3. The van der Waals surface area contributed by atoms with E-state index in [9.17, 15) is 9.59 Å². The van der Waals surface area contributed by atoms with Gasteiger partial charge in [0.15, 0.2) is 0 Å². The molecule has 5 rings (SSSR count). The fourth-order valence-corrected chi connectivity index (χ4v) is 3.98. The second kappa shape index (κ2) is 9.60. The zero-order valence-electron chi connectivity index (χ0n) is 18.7. The molecule has 2 amide bonds. The number of pyridine rings is 1. The summed E-state index contributed by atoms with van der Waals surface area (Å²) in [6.45, 7) is 0.263. The number of carbonyl (C=O) groups excluding carboxylic acids is 2. The Morgan fingerprint density at radius 3 is 2.71 bits per heavy atom. The van der Waals surface area contributed by atoms with Crippen LogP contribution in [0, 0.1) is 0 Å². The van der Waals surface area contributed by atoms with Gasteiger partial charge in [0, 0.05) is 24.7 Å². The number of benzene rings is 3. The number of hydrogen-bond acceptors (Lipinski definition) is 6. The molecular weight excluding hydrogens is 442 g/mol. The fraction of sp³-hybridized carbons (Fsp3) is 0.115. The van der Waals surface area contributed by atoms with Crippen molar-refractivity contribution in [2.45, 2.75) is 19.0 Å². The van der Waals surface area contributed by atoms with E-state index < -0.39 is 6.04 Å². The predicted molar refractivity (Wildman–Crippen MR) is 133 cm³/mol. The summed E-state index contributed by atoms with van der Waals surface area (Å²) >= 11 is 0. The molecule has 0 unspecified atom stereocenters. The van der Waals surface area contributed by atoms with E-state index in [4.69, 9.17) is 5.73 Å². The molecule has 0 aliphatic carbocycles. The maximum absolute atomic E-state index is 13.3. The molecule has 0 saturated carbocycles. The van der Waals surface area contributed by atoms with Gasteiger partial charge in [0.25, 0.3) is 5.91 Å². The maximum atomic E-state index is 13.3. The van der Waals surface area contributed by atoms with Crippen LogP contribution in [0.15, 0.2) is 79.0 Å². The van der Waals surface area contributed by atoms with Gasteiger partial charge in [0.05, 0.1) is 5.52 Å². The van der Waals surface area contributed by atoms with Gasteiger partial charge in [0.2, 0.25) is 5.91 Å². The van der Waals surface area contributed by atoms with E-state index in [0.717, 1.165) is 27.4 Å². The number of fused-ring (bicyclic) bond motifs is 2. The lowest BCUT2D eigenvalue weighted by Crippen LogP contribution is -2.47. The Bertz CT molecular complexity index is 1510. The largest absolute Gasteiger partial charge is 0.384 e. The first-order valence-electron chi connectivity index (χ1n) is 11.1. The molecule has 0 bridgehead atoms. The minimum atomic E-state index is -0.803. The summed E-state index contributed by atoms with van der Waals surface area (Å²) in [6, 6.07) is 21.6. The number of aromatic amines is 1. The molecule has 2 heterocycles. The first-order valence-corrected chi connectivity index (χ1v) is 11.1. The molecule has 35 heavy (non-hydrogen) atoms. The third-order valence-electron chi connectivity index (χ3n) is 5.83. The highest BCUT2D eigenvalue weighted by Crippen LogP contribution is 2.20. The number of H-pyrrole nitrogens is 1. The second-order valence-corrected chi connectivity index (χ2v) is 8.22. The summed E-state index contributed by atoms with van der Waals surface area (Å²) in [6.07, 6.45) is 1.94. The zero-order valence-corrected chi connectivity index (χ0v) is 18.7. The lowest BCUT2D eigenvalue weighted by atomic mass is 9.98. The summed E-state index contributed by atoms with van der Waals surface area (Å²) < 4.78 is 0. The van der Waals surface area contributed by atoms with Crippen LogP contribution in [0.5, 0.6) is 0 Å². The van der Waals surface area contributed by atoms with Crippen LogP contribution in [-0.4, -0.2) is 38.3 Å². The van der Waals surface area contributed by atoms with Crippen molar-refractivity contribution in [1.82, 2.24) is 31.0 Å². The van der Waals surface area contributed by atoms with Crippen LogP contribution in [-0.2, 0) is 17.8 Å². The van der Waals surface area contributed by atoms with Gasteiger partial charge in [-0.15, -0.1) is 5.10 Å². The zero-order chi connectivity index (χ0) is 24.2. The summed E-state index contributed by atoms with van der Waals surface area (Å²) in [5.74, 6) is -0.264. The van der Waals surface area contributed by atoms with Crippen molar-refractivity contribution in [3.63, 3.8) is 0 Å². The first-order chi connectivity index (χ1) is 17.1. The first kappa shape index (κ1) is 22.0. The molecule has 9 heteroatoms. The summed E-state index contributed by atoms with van der Waals surface area (Å²) in [5.41, 5.74) is 9.10. The molecule has 174 valence electrons. The average molecular weight is 466 g/mol. The number of anilines is 1. The number of aromatic nitrogens is 4. The molecule has 0 aliphatic rings. The van der Waals surface area contributed by atoms with Crippen LogP contribution in [0.1, 0.15) is 21.5 Å². The molecule has 3 aromatic carbocycles. The number of carbonyl (C=O) groups is 2. The van der Waals surface area contributed by atoms with E-state index in [2.05, 4.69) is 31.0 Å². The highest BCUT2D eigenvalue weighted by Gasteiger charge is 2.23. The molecule has 0 aliphatic heterocycles. The smallest absolute Gasteiger partial charge is 0.252 e. The van der Waals surface area contributed by atoms with E-state index in [1.807, 2.05) is 42.5 Å². The molecule has 5 aromatic rings. The van der Waals surface area contributed by atoms with Gasteiger partial charge in [-0.3, -0.25) is 14.7 Å². The van der Waals surface area contributed by atoms with Crippen LogP contribution in [0.25, 0.3) is 21.8 Å². The highest BCUT2D eigenvalue weighted by molar-refractivity contribution is 6.00. The minimum Gasteiger partial charge on any atom is -0.384 e. The monoisotopic (exact) mass is 465 g/mol. The molecule has 1 atom stereocenters. The van der Waals surface area contributed by atoms with Gasteiger partial charge in [-0.25, -0.2) is 4.98 Å². The van der Waals surface area contributed by atoms with E-state index in [1.165, 1.54) is 0 Å². The van der Waals surface area contributed by atoms with Gasteiger partial charge in [0.1, 0.15) is 17.4 Å². The van der Waals surface area contributed by atoms with Crippen molar-refractivity contribution in [3.05, 3.63) is 95.7 Å². The van der Waals surface area contributed by atoms with Crippen LogP contribution < -0.4 is 16.4 Å². The van der Waals surface area contributed by atoms with Gasteiger partial charge in [-0.05, 0) is 46.2 Å². The summed E-state index contributed by atoms with van der Waals surface area (Å²) in [7, 11) is 0. The topological polar surface area (TPSA) is 139 Å². The minimum absolute atomic E-state index is 0.263. The Morgan fingerprint density at radius 1 is 1.00 bits per heavy atom. The Balaban J connectivity index is 1.39. The molecule has 0 saturated heterocycles. The van der Waals surface area contributed by atoms with Crippen molar-refractivity contribution in [3.8, 4) is 0 Å². The van der Waals surface area contributed by atoms with Crippen molar-refractivity contribution < 1.29 is 9.59 Å². The number of amides is 2. The number of rotatable bonds is 7. The molecule has 5 N–H and O–H groups in total. The fourth-order valence-electron chi connectivity index (χ4n) is 3.98. The number of nitrogen functional groups attached to an aromatic ring is 1. The van der Waals surface area contributed by atoms with E-state index in [1.54, 1.807) is 36.5 Å². The van der Waals surface area contributed by atoms with E-state index in [-0.39, 0.29) is 18.4 Å². The molecule has 2 aromatic heterocycles.